The number of rotatable bonds is 3. The Balaban J connectivity index is 1.61. The fourth-order valence-electron chi connectivity index (χ4n) is 3.95. The summed E-state index contributed by atoms with van der Waals surface area (Å²) in [7, 11) is 0. The molecule has 2 aliphatic rings. The first-order valence-electron chi connectivity index (χ1n) is 9.17. The molecule has 6 heteroatoms. The molecule has 1 aliphatic carbocycles. The van der Waals surface area contributed by atoms with Crippen LogP contribution in [0.4, 0.5) is 15.8 Å². The van der Waals surface area contributed by atoms with Gasteiger partial charge in [0.2, 0.25) is 5.91 Å². The van der Waals surface area contributed by atoms with Crippen molar-refractivity contribution < 1.29 is 18.7 Å². The third-order valence-corrected chi connectivity index (χ3v) is 5.44. The fourth-order valence-corrected chi connectivity index (χ4v) is 3.95. The summed E-state index contributed by atoms with van der Waals surface area (Å²) in [6.45, 7) is 1.68. The molecule has 0 bridgehead atoms. The molecule has 1 unspecified atom stereocenters. The molecule has 2 aromatic carbocycles. The Morgan fingerprint density at radius 3 is 2.74 bits per heavy atom. The maximum absolute atomic E-state index is 13.8. The number of nitrogens with one attached hydrogen (secondary N) is 2. The van der Waals surface area contributed by atoms with Crippen molar-refractivity contribution in [3.05, 3.63) is 53.8 Å². The highest BCUT2D eigenvalue weighted by molar-refractivity contribution is 6.02. The van der Waals surface area contributed by atoms with Crippen molar-refractivity contribution in [1.82, 2.24) is 0 Å². The molecule has 2 N–H and O–H groups in total. The molecule has 5 nitrogen and oxygen atoms in total. The van der Waals surface area contributed by atoms with Crippen molar-refractivity contribution in [2.45, 2.75) is 44.1 Å². The van der Waals surface area contributed by atoms with E-state index in [1.807, 2.05) is 6.07 Å². The standard InChI is InChI=1S/C21H21FN2O3/c1-13-19(25)24-17-12-16(7-8-18(17)27-13)23-20(26)21(9-2-3-10-21)14-5-4-6-15(22)11-14/h4-8,11-13H,2-3,9-10H2,1H3,(H,23,26)(H,24,25). The molecule has 0 saturated heterocycles. The number of hydrogen-bond acceptors (Lipinski definition) is 3. The number of ether oxygens (including phenoxy) is 1. The van der Waals surface area contributed by atoms with Gasteiger partial charge in [0.05, 0.1) is 11.1 Å². The first kappa shape index (κ1) is 17.5. The third-order valence-electron chi connectivity index (χ3n) is 5.44. The molecule has 1 heterocycles. The van der Waals surface area contributed by atoms with Crippen molar-refractivity contribution in [1.29, 1.82) is 0 Å². The lowest BCUT2D eigenvalue weighted by Gasteiger charge is -2.29. The Hall–Kier alpha value is -2.89. The maximum atomic E-state index is 13.8. The van der Waals surface area contributed by atoms with Crippen LogP contribution in [0, 0.1) is 5.82 Å². The highest BCUT2D eigenvalue weighted by atomic mass is 19.1. The smallest absolute Gasteiger partial charge is 0.265 e. The number of carbonyl (C=O) groups excluding carboxylic acids is 2. The molecule has 0 aromatic heterocycles. The van der Waals surface area contributed by atoms with E-state index < -0.39 is 11.5 Å². The van der Waals surface area contributed by atoms with Crippen LogP contribution in [-0.2, 0) is 15.0 Å². The van der Waals surface area contributed by atoms with Gasteiger partial charge in [-0.3, -0.25) is 9.59 Å². The van der Waals surface area contributed by atoms with Crippen LogP contribution in [0.1, 0.15) is 38.2 Å². The van der Waals surface area contributed by atoms with E-state index in [1.165, 1.54) is 12.1 Å². The SMILES string of the molecule is CC1Oc2ccc(NC(=O)C3(c4cccc(F)c4)CCCC3)cc2NC1=O. The number of hydrogen-bond donors (Lipinski definition) is 2. The van der Waals surface area contributed by atoms with Gasteiger partial charge in [0.25, 0.3) is 5.91 Å². The van der Waals surface area contributed by atoms with Crippen molar-refractivity contribution >= 4 is 23.2 Å². The largest absolute Gasteiger partial charge is 0.479 e. The van der Waals surface area contributed by atoms with Crippen LogP contribution >= 0.6 is 0 Å². The van der Waals surface area contributed by atoms with Gasteiger partial charge in [0.15, 0.2) is 6.10 Å². The number of amides is 2. The summed E-state index contributed by atoms with van der Waals surface area (Å²) in [4.78, 5) is 25.0. The summed E-state index contributed by atoms with van der Waals surface area (Å²) in [5, 5.41) is 5.73. The van der Waals surface area contributed by atoms with Gasteiger partial charge in [-0.15, -0.1) is 0 Å². The Labute approximate surface area is 156 Å². The minimum absolute atomic E-state index is 0.151. The van der Waals surface area contributed by atoms with Crippen molar-refractivity contribution in [2.24, 2.45) is 0 Å². The molecule has 0 radical (unpaired) electrons. The van der Waals surface area contributed by atoms with Gasteiger partial charge in [-0.2, -0.15) is 0 Å². The van der Waals surface area contributed by atoms with Crippen LogP contribution < -0.4 is 15.4 Å². The summed E-state index contributed by atoms with van der Waals surface area (Å²) < 4.78 is 19.3. The molecule has 4 rings (SSSR count). The van der Waals surface area contributed by atoms with Crippen LogP contribution in [0.15, 0.2) is 42.5 Å². The molecular weight excluding hydrogens is 347 g/mol. The maximum Gasteiger partial charge on any atom is 0.265 e. The van der Waals surface area contributed by atoms with E-state index in [0.717, 1.165) is 12.8 Å². The molecule has 0 spiro atoms. The van der Waals surface area contributed by atoms with E-state index in [9.17, 15) is 14.0 Å². The lowest BCUT2D eigenvalue weighted by molar-refractivity contribution is -0.123. The molecule has 2 aromatic rings. The van der Waals surface area contributed by atoms with E-state index in [4.69, 9.17) is 4.74 Å². The molecule has 27 heavy (non-hydrogen) atoms. The zero-order chi connectivity index (χ0) is 19.0. The van der Waals surface area contributed by atoms with Gasteiger partial charge in [-0.25, -0.2) is 4.39 Å². The summed E-state index contributed by atoms with van der Waals surface area (Å²) in [5.74, 6) is -0.143. The van der Waals surface area contributed by atoms with Crippen LogP contribution in [-0.4, -0.2) is 17.9 Å². The molecule has 1 atom stereocenters. The number of fused-ring (bicyclic) bond motifs is 1. The number of carbonyl (C=O) groups is 2. The first-order chi connectivity index (χ1) is 13.0. The number of anilines is 2. The van der Waals surface area contributed by atoms with Gasteiger partial charge < -0.3 is 15.4 Å². The van der Waals surface area contributed by atoms with E-state index in [-0.39, 0.29) is 17.6 Å². The second kappa shape index (κ2) is 6.68. The second-order valence-corrected chi connectivity index (χ2v) is 7.21. The van der Waals surface area contributed by atoms with Gasteiger partial charge in [0, 0.05) is 5.69 Å². The Morgan fingerprint density at radius 1 is 1.22 bits per heavy atom. The van der Waals surface area contributed by atoms with Crippen molar-refractivity contribution in [3.8, 4) is 5.75 Å². The van der Waals surface area contributed by atoms with E-state index >= 15 is 0 Å². The Morgan fingerprint density at radius 2 is 2.00 bits per heavy atom. The summed E-state index contributed by atoms with van der Waals surface area (Å²) in [6, 6.07) is 11.5. The molecule has 1 aliphatic heterocycles. The predicted octanol–water partition coefficient (Wildman–Crippen LogP) is 4.00. The molecular formula is C21H21FN2O3. The minimum Gasteiger partial charge on any atom is -0.479 e. The van der Waals surface area contributed by atoms with Crippen LogP contribution in [0.25, 0.3) is 0 Å². The summed E-state index contributed by atoms with van der Waals surface area (Å²) in [6.07, 6.45) is 2.67. The molecule has 1 fully saturated rings. The second-order valence-electron chi connectivity index (χ2n) is 7.21. The Kier molecular flexibility index (Phi) is 4.34. The zero-order valence-electron chi connectivity index (χ0n) is 15.0. The average Bonchev–Trinajstić information content (AvgIpc) is 3.14. The van der Waals surface area contributed by atoms with Gasteiger partial charge in [-0.1, -0.05) is 25.0 Å². The number of benzene rings is 2. The molecule has 2 amide bonds. The van der Waals surface area contributed by atoms with Crippen molar-refractivity contribution in [3.63, 3.8) is 0 Å². The monoisotopic (exact) mass is 368 g/mol. The molecule has 1 saturated carbocycles. The normalized spacial score (nSPS) is 20.4. The Bertz CT molecular complexity index is 906. The highest BCUT2D eigenvalue weighted by Crippen LogP contribution is 2.42. The third kappa shape index (κ3) is 3.16. The van der Waals surface area contributed by atoms with E-state index in [0.29, 0.717) is 35.5 Å². The average molecular weight is 368 g/mol. The molecule has 140 valence electrons. The lowest BCUT2D eigenvalue weighted by atomic mass is 9.78. The zero-order valence-corrected chi connectivity index (χ0v) is 15.0. The van der Waals surface area contributed by atoms with Crippen LogP contribution in [0.2, 0.25) is 0 Å². The van der Waals surface area contributed by atoms with E-state index in [1.54, 1.807) is 31.2 Å². The predicted molar refractivity (Wildman–Crippen MR) is 100 cm³/mol. The van der Waals surface area contributed by atoms with Crippen LogP contribution in [0.3, 0.4) is 0 Å². The topological polar surface area (TPSA) is 67.4 Å². The quantitative estimate of drug-likeness (QED) is 0.861. The summed E-state index contributed by atoms with van der Waals surface area (Å²) in [5.41, 5.74) is 1.08. The fraction of sp³-hybridized carbons (Fsp3) is 0.333. The summed E-state index contributed by atoms with van der Waals surface area (Å²) >= 11 is 0. The van der Waals surface area contributed by atoms with Crippen molar-refractivity contribution in [2.75, 3.05) is 10.6 Å². The highest BCUT2D eigenvalue weighted by Gasteiger charge is 2.43. The lowest BCUT2D eigenvalue weighted by Crippen LogP contribution is -2.38. The van der Waals surface area contributed by atoms with Gasteiger partial charge in [0.1, 0.15) is 11.6 Å². The minimum atomic E-state index is -0.730. The van der Waals surface area contributed by atoms with Gasteiger partial charge in [-0.05, 0) is 55.7 Å². The van der Waals surface area contributed by atoms with Crippen LogP contribution in [0.5, 0.6) is 5.75 Å². The van der Waals surface area contributed by atoms with E-state index in [2.05, 4.69) is 10.6 Å². The number of halogens is 1. The van der Waals surface area contributed by atoms with Gasteiger partial charge >= 0.3 is 0 Å². The first-order valence-corrected chi connectivity index (χ1v) is 9.17.